The molecule has 1 unspecified atom stereocenters. The van der Waals surface area contributed by atoms with Gasteiger partial charge in [0, 0.05) is 12.8 Å². The van der Waals surface area contributed by atoms with Gasteiger partial charge in [0.15, 0.2) is 0 Å². The predicted octanol–water partition coefficient (Wildman–Crippen LogP) is 10.8. The van der Waals surface area contributed by atoms with Crippen molar-refractivity contribution in [2.75, 3.05) is 0 Å². The van der Waals surface area contributed by atoms with Gasteiger partial charge < -0.3 is 9.84 Å². The van der Waals surface area contributed by atoms with E-state index in [9.17, 15) is 14.7 Å². The molecule has 4 nitrogen and oxygen atoms in total. The second-order valence-corrected chi connectivity index (χ2v) is 11.7. The minimum Gasteiger partial charge on any atom is -0.393 e. The van der Waals surface area contributed by atoms with Crippen LogP contribution in [-0.2, 0) is 14.3 Å². The molecule has 0 aromatic carbocycles. The summed E-state index contributed by atoms with van der Waals surface area (Å²) in [5, 5.41) is 10.2. The van der Waals surface area contributed by atoms with Gasteiger partial charge in [0.2, 0.25) is 0 Å². The minimum atomic E-state index is -0.408. The molecule has 38 heavy (non-hydrogen) atoms. The van der Waals surface area contributed by atoms with Crippen LogP contribution in [0.3, 0.4) is 0 Å². The van der Waals surface area contributed by atoms with Crippen LogP contribution in [0.5, 0.6) is 0 Å². The Morgan fingerprint density at radius 3 is 1.08 bits per heavy atom. The molecule has 0 amide bonds. The Hall–Kier alpha value is -0.900. The van der Waals surface area contributed by atoms with E-state index in [1.165, 1.54) is 128 Å². The predicted molar refractivity (Wildman–Crippen MR) is 162 cm³/mol. The van der Waals surface area contributed by atoms with Crippen molar-refractivity contribution in [3.05, 3.63) is 0 Å². The summed E-state index contributed by atoms with van der Waals surface area (Å²) in [6, 6.07) is 0. The molecular formula is C34H66O4. The molecule has 0 saturated carbocycles. The van der Waals surface area contributed by atoms with Crippen LogP contribution in [0.4, 0.5) is 0 Å². The third-order valence-corrected chi connectivity index (χ3v) is 7.77. The molecule has 0 heterocycles. The fourth-order valence-electron chi connectivity index (χ4n) is 5.18. The van der Waals surface area contributed by atoms with E-state index in [0.29, 0.717) is 12.8 Å². The van der Waals surface area contributed by atoms with Gasteiger partial charge in [0.1, 0.15) is 0 Å². The first-order valence-corrected chi connectivity index (χ1v) is 17.0. The molecule has 0 aliphatic rings. The zero-order valence-corrected chi connectivity index (χ0v) is 25.8. The van der Waals surface area contributed by atoms with Crippen LogP contribution >= 0.6 is 0 Å². The molecule has 0 aliphatic carbocycles. The van der Waals surface area contributed by atoms with E-state index in [-0.39, 0.29) is 18.5 Å². The number of ether oxygens (including phenoxy) is 1. The Balaban J connectivity index is 3.40. The molecule has 0 bridgehead atoms. The van der Waals surface area contributed by atoms with Crippen LogP contribution in [0.1, 0.15) is 200 Å². The molecule has 0 spiro atoms. The molecular weight excluding hydrogens is 472 g/mol. The standard InChI is InChI=1S/C34H66O4/c1-3-5-7-9-11-13-15-16-17-19-21-23-25-30-33(36)38-34(37)31-27-26-29-32(35)28-24-22-20-18-14-12-10-8-6-4-2/h32,35H,3-31H2,1-2H3. The molecule has 0 rings (SSSR count). The maximum atomic E-state index is 11.9. The maximum Gasteiger partial charge on any atom is 0.313 e. The van der Waals surface area contributed by atoms with E-state index in [1.54, 1.807) is 0 Å². The van der Waals surface area contributed by atoms with Crippen LogP contribution in [0.15, 0.2) is 0 Å². The van der Waals surface area contributed by atoms with Gasteiger partial charge in [-0.15, -0.1) is 0 Å². The third kappa shape index (κ3) is 29.7. The van der Waals surface area contributed by atoms with Crippen molar-refractivity contribution in [3.63, 3.8) is 0 Å². The summed E-state index contributed by atoms with van der Waals surface area (Å²) in [7, 11) is 0. The quantitative estimate of drug-likeness (QED) is 0.0561. The summed E-state index contributed by atoms with van der Waals surface area (Å²) >= 11 is 0. The van der Waals surface area contributed by atoms with Crippen molar-refractivity contribution in [2.24, 2.45) is 0 Å². The monoisotopic (exact) mass is 538 g/mol. The lowest BCUT2D eigenvalue weighted by molar-refractivity contribution is -0.159. The largest absolute Gasteiger partial charge is 0.393 e. The van der Waals surface area contributed by atoms with E-state index in [1.807, 2.05) is 0 Å². The van der Waals surface area contributed by atoms with E-state index < -0.39 is 5.97 Å². The van der Waals surface area contributed by atoms with Gasteiger partial charge in [-0.2, -0.15) is 0 Å². The summed E-state index contributed by atoms with van der Waals surface area (Å²) in [6.45, 7) is 4.52. The van der Waals surface area contributed by atoms with Crippen molar-refractivity contribution < 1.29 is 19.4 Å². The van der Waals surface area contributed by atoms with Crippen LogP contribution in [0.25, 0.3) is 0 Å². The molecule has 0 aliphatic heterocycles. The molecule has 0 fully saturated rings. The second-order valence-electron chi connectivity index (χ2n) is 11.7. The van der Waals surface area contributed by atoms with Crippen molar-refractivity contribution in [1.82, 2.24) is 0 Å². The van der Waals surface area contributed by atoms with E-state index in [4.69, 9.17) is 4.74 Å². The van der Waals surface area contributed by atoms with Crippen molar-refractivity contribution in [2.45, 2.75) is 206 Å². The summed E-state index contributed by atoms with van der Waals surface area (Å²) in [6.07, 6.45) is 33.0. The average molecular weight is 539 g/mol. The Kier molecular flexibility index (Phi) is 29.9. The van der Waals surface area contributed by atoms with E-state index >= 15 is 0 Å². The Morgan fingerprint density at radius 1 is 0.447 bits per heavy atom. The van der Waals surface area contributed by atoms with E-state index in [2.05, 4.69) is 13.8 Å². The molecule has 0 aromatic rings. The maximum absolute atomic E-state index is 11.9. The number of aliphatic hydroxyl groups is 1. The normalized spacial score (nSPS) is 12.1. The van der Waals surface area contributed by atoms with Gasteiger partial charge in [-0.05, 0) is 25.7 Å². The molecule has 1 atom stereocenters. The fraction of sp³-hybridized carbons (Fsp3) is 0.941. The highest BCUT2D eigenvalue weighted by molar-refractivity contribution is 5.85. The Bertz CT molecular complexity index is 505. The lowest BCUT2D eigenvalue weighted by Gasteiger charge is -2.10. The number of carbonyl (C=O) groups excluding carboxylic acids is 2. The first-order chi connectivity index (χ1) is 18.6. The first kappa shape index (κ1) is 37.1. The molecule has 0 aromatic heterocycles. The van der Waals surface area contributed by atoms with Gasteiger partial charge in [0.25, 0.3) is 0 Å². The topological polar surface area (TPSA) is 63.6 Å². The van der Waals surface area contributed by atoms with Gasteiger partial charge in [-0.25, -0.2) is 0 Å². The SMILES string of the molecule is CCCCCCCCCCCCCCCC(=O)OC(=O)CCCCC(O)CCCCCCCCCCCC. The zero-order valence-electron chi connectivity index (χ0n) is 25.8. The smallest absolute Gasteiger partial charge is 0.313 e. The number of esters is 2. The fourth-order valence-corrected chi connectivity index (χ4v) is 5.18. The van der Waals surface area contributed by atoms with Gasteiger partial charge in [0.05, 0.1) is 6.10 Å². The van der Waals surface area contributed by atoms with Crippen LogP contribution in [-0.4, -0.2) is 23.1 Å². The minimum absolute atomic E-state index is 0.266. The number of unbranched alkanes of at least 4 members (excludes halogenated alkanes) is 22. The zero-order chi connectivity index (χ0) is 27.9. The van der Waals surface area contributed by atoms with Crippen LogP contribution in [0.2, 0.25) is 0 Å². The summed E-state index contributed by atoms with van der Waals surface area (Å²) in [5.41, 5.74) is 0. The number of hydrogen-bond donors (Lipinski definition) is 1. The lowest BCUT2D eigenvalue weighted by atomic mass is 10.0. The van der Waals surface area contributed by atoms with Crippen LogP contribution in [0, 0.1) is 0 Å². The Labute approximate surface area is 237 Å². The summed E-state index contributed by atoms with van der Waals surface area (Å²) in [5.74, 6) is -0.784. The molecule has 1 N–H and O–H groups in total. The number of rotatable bonds is 30. The Morgan fingerprint density at radius 2 is 0.711 bits per heavy atom. The highest BCUT2D eigenvalue weighted by Gasteiger charge is 2.11. The van der Waals surface area contributed by atoms with Gasteiger partial charge in [-0.3, -0.25) is 9.59 Å². The average Bonchev–Trinajstić information content (AvgIpc) is 2.90. The van der Waals surface area contributed by atoms with Crippen LogP contribution < -0.4 is 0 Å². The van der Waals surface area contributed by atoms with Crippen molar-refractivity contribution >= 4 is 11.9 Å². The van der Waals surface area contributed by atoms with Crippen molar-refractivity contribution in [3.8, 4) is 0 Å². The second kappa shape index (κ2) is 30.6. The molecule has 0 saturated heterocycles. The van der Waals surface area contributed by atoms with E-state index in [0.717, 1.165) is 38.5 Å². The lowest BCUT2D eigenvalue weighted by Crippen LogP contribution is -2.12. The van der Waals surface area contributed by atoms with Crippen molar-refractivity contribution in [1.29, 1.82) is 0 Å². The first-order valence-electron chi connectivity index (χ1n) is 17.0. The highest BCUT2D eigenvalue weighted by atomic mass is 16.6. The number of carbonyl (C=O) groups is 2. The summed E-state index contributed by atoms with van der Waals surface area (Å²) in [4.78, 5) is 23.8. The number of hydrogen-bond acceptors (Lipinski definition) is 4. The third-order valence-electron chi connectivity index (χ3n) is 7.77. The van der Waals surface area contributed by atoms with Gasteiger partial charge >= 0.3 is 11.9 Å². The summed E-state index contributed by atoms with van der Waals surface area (Å²) < 4.78 is 4.96. The highest BCUT2D eigenvalue weighted by Crippen LogP contribution is 2.15. The number of aliphatic hydroxyl groups excluding tert-OH is 1. The van der Waals surface area contributed by atoms with Gasteiger partial charge in [-0.1, -0.05) is 162 Å². The molecule has 0 radical (unpaired) electrons. The molecule has 226 valence electrons. The molecule has 4 heteroatoms.